The molecule has 0 unspecified atom stereocenters. The first-order valence-corrected chi connectivity index (χ1v) is 7.55. The Labute approximate surface area is 128 Å². The van der Waals surface area contributed by atoms with Crippen LogP contribution in [-0.4, -0.2) is 26.4 Å². The summed E-state index contributed by atoms with van der Waals surface area (Å²) < 4.78 is 14.6. The fourth-order valence-electron chi connectivity index (χ4n) is 1.83. The van der Waals surface area contributed by atoms with E-state index in [4.69, 9.17) is 11.6 Å². The van der Waals surface area contributed by atoms with Gasteiger partial charge in [-0.1, -0.05) is 0 Å². The fourth-order valence-corrected chi connectivity index (χ4v) is 2.83. The third-order valence-electron chi connectivity index (χ3n) is 2.79. The zero-order chi connectivity index (χ0) is 14.8. The van der Waals surface area contributed by atoms with Crippen LogP contribution in [0, 0.1) is 5.82 Å². The molecule has 1 amide bonds. The average Bonchev–Trinajstić information content (AvgIpc) is 3.00. The van der Waals surface area contributed by atoms with E-state index in [0.717, 1.165) is 11.3 Å². The molecule has 8 heteroatoms. The number of hydrogen-bond acceptors (Lipinski definition) is 4. The quantitative estimate of drug-likeness (QED) is 0.750. The van der Waals surface area contributed by atoms with Gasteiger partial charge in [0.1, 0.15) is 5.82 Å². The predicted molar refractivity (Wildman–Crippen MR) is 80.2 cm³/mol. The van der Waals surface area contributed by atoms with Crippen LogP contribution in [0.4, 0.5) is 10.3 Å². The van der Waals surface area contributed by atoms with Crippen LogP contribution in [-0.2, 0) is 4.79 Å². The average molecular weight is 325 g/mol. The van der Waals surface area contributed by atoms with Crippen molar-refractivity contribution in [3.63, 3.8) is 0 Å². The maximum atomic E-state index is 13.0. The third-order valence-corrected chi connectivity index (χ3v) is 3.80. The Hall–Kier alpha value is -1.99. The Morgan fingerprint density at radius 1 is 1.38 bits per heavy atom. The number of nitrogens with one attached hydrogen (secondary N) is 1. The minimum atomic E-state index is -0.294. The van der Waals surface area contributed by atoms with Gasteiger partial charge in [0.05, 0.1) is 5.69 Å². The summed E-state index contributed by atoms with van der Waals surface area (Å²) in [5.41, 5.74) is 1.62. The van der Waals surface area contributed by atoms with Crippen LogP contribution in [0.15, 0.2) is 29.6 Å². The SMILES string of the molecule is O=C(CCCl)Nc1nc2scc(-c3ccc(F)cc3)n2n1. The van der Waals surface area contributed by atoms with Gasteiger partial charge >= 0.3 is 0 Å². The summed E-state index contributed by atoms with van der Waals surface area (Å²) in [6.07, 6.45) is 0.208. The molecule has 0 saturated heterocycles. The lowest BCUT2D eigenvalue weighted by Crippen LogP contribution is -2.12. The highest BCUT2D eigenvalue weighted by Gasteiger charge is 2.13. The third kappa shape index (κ3) is 2.88. The van der Waals surface area contributed by atoms with E-state index in [1.165, 1.54) is 23.5 Å². The van der Waals surface area contributed by atoms with Gasteiger partial charge < -0.3 is 0 Å². The van der Waals surface area contributed by atoms with Crippen LogP contribution in [0.25, 0.3) is 16.2 Å². The van der Waals surface area contributed by atoms with E-state index in [0.29, 0.717) is 4.96 Å². The molecule has 2 aromatic heterocycles. The first-order valence-electron chi connectivity index (χ1n) is 6.13. The number of alkyl halides is 1. The lowest BCUT2D eigenvalue weighted by molar-refractivity contribution is -0.115. The van der Waals surface area contributed by atoms with Gasteiger partial charge in [0, 0.05) is 23.2 Å². The second-order valence-corrected chi connectivity index (χ2v) is 5.46. The highest BCUT2D eigenvalue weighted by Crippen LogP contribution is 2.26. The summed E-state index contributed by atoms with van der Waals surface area (Å²) in [4.78, 5) is 16.3. The summed E-state index contributed by atoms with van der Waals surface area (Å²) >= 11 is 6.90. The summed E-state index contributed by atoms with van der Waals surface area (Å²) in [6, 6.07) is 6.12. The summed E-state index contributed by atoms with van der Waals surface area (Å²) in [5, 5.41) is 8.71. The first kappa shape index (κ1) is 14.0. The number of hydrogen-bond donors (Lipinski definition) is 1. The maximum absolute atomic E-state index is 13.0. The van der Waals surface area contributed by atoms with Gasteiger partial charge in [0.2, 0.25) is 16.8 Å². The lowest BCUT2D eigenvalue weighted by Gasteiger charge is -1.99. The number of thiazole rings is 1. The Morgan fingerprint density at radius 3 is 2.86 bits per heavy atom. The molecular weight excluding hydrogens is 315 g/mol. The number of fused-ring (bicyclic) bond motifs is 1. The number of aromatic nitrogens is 3. The smallest absolute Gasteiger partial charge is 0.250 e. The topological polar surface area (TPSA) is 59.3 Å². The van der Waals surface area contributed by atoms with Crippen molar-refractivity contribution in [1.29, 1.82) is 0 Å². The molecule has 0 bridgehead atoms. The molecule has 1 aromatic carbocycles. The van der Waals surface area contributed by atoms with Crippen molar-refractivity contribution in [1.82, 2.24) is 14.6 Å². The molecule has 0 spiro atoms. The van der Waals surface area contributed by atoms with Crippen LogP contribution in [0.2, 0.25) is 0 Å². The number of carbonyl (C=O) groups excluding carboxylic acids is 1. The van der Waals surface area contributed by atoms with Crippen molar-refractivity contribution in [2.24, 2.45) is 0 Å². The Morgan fingerprint density at radius 2 is 2.14 bits per heavy atom. The fraction of sp³-hybridized carbons (Fsp3) is 0.154. The Balaban J connectivity index is 1.93. The molecule has 0 aliphatic carbocycles. The van der Waals surface area contributed by atoms with Crippen molar-refractivity contribution < 1.29 is 9.18 Å². The van der Waals surface area contributed by atoms with E-state index in [9.17, 15) is 9.18 Å². The van der Waals surface area contributed by atoms with Crippen LogP contribution >= 0.6 is 22.9 Å². The molecule has 108 valence electrons. The molecule has 5 nitrogen and oxygen atoms in total. The van der Waals surface area contributed by atoms with Gasteiger partial charge in [-0.2, -0.15) is 4.98 Å². The van der Waals surface area contributed by atoms with Crippen molar-refractivity contribution in [2.45, 2.75) is 6.42 Å². The summed E-state index contributed by atoms with van der Waals surface area (Å²) in [6.45, 7) is 0. The zero-order valence-electron chi connectivity index (χ0n) is 10.7. The van der Waals surface area contributed by atoms with Gasteiger partial charge in [-0.05, 0) is 24.3 Å². The Kier molecular flexibility index (Phi) is 3.85. The number of halogens is 2. The van der Waals surface area contributed by atoms with Gasteiger partial charge in [-0.3, -0.25) is 10.1 Å². The normalized spacial score (nSPS) is 11.0. The van der Waals surface area contributed by atoms with Crippen LogP contribution in [0.1, 0.15) is 6.42 Å². The molecule has 2 heterocycles. The minimum Gasteiger partial charge on any atom is -0.293 e. The van der Waals surface area contributed by atoms with Gasteiger partial charge in [-0.15, -0.1) is 28.0 Å². The number of carbonyl (C=O) groups is 1. The number of amides is 1. The van der Waals surface area contributed by atoms with E-state index in [2.05, 4.69) is 15.4 Å². The van der Waals surface area contributed by atoms with Crippen molar-refractivity contribution >= 4 is 39.8 Å². The molecule has 3 rings (SSSR count). The molecule has 0 saturated carbocycles. The van der Waals surface area contributed by atoms with Crippen molar-refractivity contribution in [2.75, 3.05) is 11.2 Å². The number of anilines is 1. The number of rotatable bonds is 4. The van der Waals surface area contributed by atoms with Gasteiger partial charge in [-0.25, -0.2) is 8.91 Å². The maximum Gasteiger partial charge on any atom is 0.250 e. The highest BCUT2D eigenvalue weighted by atomic mass is 35.5. The first-order chi connectivity index (χ1) is 10.2. The number of nitrogens with zero attached hydrogens (tertiary/aromatic N) is 3. The number of benzene rings is 1. The van der Waals surface area contributed by atoms with Crippen LogP contribution in [0.5, 0.6) is 0 Å². The molecule has 0 atom stereocenters. The Bertz CT molecular complexity index is 783. The summed E-state index contributed by atoms with van der Waals surface area (Å²) in [7, 11) is 0. The summed E-state index contributed by atoms with van der Waals surface area (Å²) in [5.74, 6) is -0.0423. The molecule has 0 aliphatic rings. The van der Waals surface area contributed by atoms with E-state index in [1.807, 2.05) is 5.38 Å². The van der Waals surface area contributed by atoms with E-state index < -0.39 is 0 Å². The second kappa shape index (κ2) is 5.79. The van der Waals surface area contributed by atoms with Gasteiger partial charge in [0.15, 0.2) is 0 Å². The highest BCUT2D eigenvalue weighted by molar-refractivity contribution is 7.15. The zero-order valence-corrected chi connectivity index (χ0v) is 12.3. The second-order valence-electron chi connectivity index (χ2n) is 4.24. The van der Waals surface area contributed by atoms with E-state index in [1.54, 1.807) is 16.6 Å². The van der Waals surface area contributed by atoms with Crippen molar-refractivity contribution in [3.05, 3.63) is 35.5 Å². The van der Waals surface area contributed by atoms with Crippen LogP contribution < -0.4 is 5.32 Å². The van der Waals surface area contributed by atoms with E-state index >= 15 is 0 Å². The van der Waals surface area contributed by atoms with Crippen molar-refractivity contribution in [3.8, 4) is 11.3 Å². The molecular formula is C13H10ClFN4OS. The molecule has 1 N–H and O–H groups in total. The monoisotopic (exact) mass is 324 g/mol. The largest absolute Gasteiger partial charge is 0.293 e. The molecule has 0 fully saturated rings. The molecule has 0 radical (unpaired) electrons. The predicted octanol–water partition coefficient (Wildman–Crippen LogP) is 3.16. The molecule has 3 aromatic rings. The minimum absolute atomic E-state index is 0.208. The standard InChI is InChI=1S/C13H10ClFN4OS/c14-6-5-11(20)16-12-17-13-19(18-12)10(7-21-13)8-1-3-9(15)4-2-8/h1-4,7H,5-6H2,(H,16,18,20). The molecule has 0 aliphatic heterocycles. The van der Waals surface area contributed by atoms with E-state index in [-0.39, 0.29) is 30.0 Å². The van der Waals surface area contributed by atoms with Crippen LogP contribution in [0.3, 0.4) is 0 Å². The molecule has 21 heavy (non-hydrogen) atoms. The lowest BCUT2D eigenvalue weighted by atomic mass is 10.2. The van der Waals surface area contributed by atoms with Gasteiger partial charge in [0.25, 0.3) is 0 Å².